The van der Waals surface area contributed by atoms with Crippen molar-refractivity contribution in [1.29, 1.82) is 0 Å². The summed E-state index contributed by atoms with van der Waals surface area (Å²) in [5.74, 6) is 0.0730. The molecule has 0 radical (unpaired) electrons. The van der Waals surface area contributed by atoms with Crippen LogP contribution < -0.4 is 10.1 Å². The van der Waals surface area contributed by atoms with E-state index in [1.165, 1.54) is 17.4 Å². The molecular weight excluding hydrogens is 325 g/mol. The van der Waals surface area contributed by atoms with Gasteiger partial charge in [-0.2, -0.15) is 0 Å². The maximum atomic E-state index is 13.8. The van der Waals surface area contributed by atoms with Crippen molar-refractivity contribution in [2.75, 3.05) is 5.32 Å². The minimum Gasteiger partial charge on any atom is -0.488 e. The van der Waals surface area contributed by atoms with Gasteiger partial charge in [0, 0.05) is 16.0 Å². The Morgan fingerprint density at radius 1 is 1.21 bits per heavy atom. The molecule has 0 saturated carbocycles. The highest BCUT2D eigenvalue weighted by Gasteiger charge is 2.22. The van der Waals surface area contributed by atoms with E-state index < -0.39 is 5.82 Å². The SMILES string of the molecule is Cc1ccc(F)c(NC(=O)c2cc3c(s2)-c2ccccc2OC3)c1. The van der Waals surface area contributed by atoms with Crippen molar-refractivity contribution in [1.82, 2.24) is 0 Å². The molecule has 5 heteroatoms. The third-order valence-corrected chi connectivity index (χ3v) is 5.13. The first kappa shape index (κ1) is 14.9. The summed E-state index contributed by atoms with van der Waals surface area (Å²) in [4.78, 5) is 14.1. The predicted octanol–water partition coefficient (Wildman–Crippen LogP) is 5.01. The average molecular weight is 339 g/mol. The molecule has 1 aromatic heterocycles. The summed E-state index contributed by atoms with van der Waals surface area (Å²) < 4.78 is 19.5. The van der Waals surface area contributed by atoms with E-state index in [2.05, 4.69) is 5.32 Å². The Balaban J connectivity index is 1.66. The molecule has 24 heavy (non-hydrogen) atoms. The van der Waals surface area contributed by atoms with E-state index in [0.717, 1.165) is 27.3 Å². The van der Waals surface area contributed by atoms with Crippen LogP contribution in [-0.4, -0.2) is 5.91 Å². The van der Waals surface area contributed by atoms with E-state index in [1.807, 2.05) is 37.3 Å². The zero-order chi connectivity index (χ0) is 16.7. The van der Waals surface area contributed by atoms with Gasteiger partial charge in [0.15, 0.2) is 0 Å². The zero-order valence-electron chi connectivity index (χ0n) is 12.9. The summed E-state index contributed by atoms with van der Waals surface area (Å²) in [7, 11) is 0. The van der Waals surface area contributed by atoms with Crippen molar-refractivity contribution in [2.24, 2.45) is 0 Å². The second-order valence-corrected chi connectivity index (χ2v) is 6.74. The van der Waals surface area contributed by atoms with Gasteiger partial charge in [0.05, 0.1) is 10.6 Å². The summed E-state index contributed by atoms with van der Waals surface area (Å²) in [6, 6.07) is 14.2. The van der Waals surface area contributed by atoms with Crippen LogP contribution in [-0.2, 0) is 6.61 Å². The maximum absolute atomic E-state index is 13.8. The number of rotatable bonds is 2. The van der Waals surface area contributed by atoms with Gasteiger partial charge in [0.1, 0.15) is 18.2 Å². The summed E-state index contributed by atoms with van der Waals surface area (Å²) >= 11 is 1.40. The molecule has 2 aromatic carbocycles. The molecule has 0 aliphatic carbocycles. The summed E-state index contributed by atoms with van der Waals surface area (Å²) in [6.45, 7) is 2.29. The topological polar surface area (TPSA) is 38.3 Å². The van der Waals surface area contributed by atoms with Crippen molar-refractivity contribution >= 4 is 22.9 Å². The number of ether oxygens (including phenoxy) is 1. The number of thiophene rings is 1. The van der Waals surface area contributed by atoms with Gasteiger partial charge in [-0.15, -0.1) is 11.3 Å². The largest absolute Gasteiger partial charge is 0.488 e. The number of anilines is 1. The molecule has 4 rings (SSSR count). The third kappa shape index (κ3) is 2.57. The molecule has 0 saturated heterocycles. The number of nitrogens with one attached hydrogen (secondary N) is 1. The quantitative estimate of drug-likeness (QED) is 0.713. The molecule has 1 aliphatic heterocycles. The van der Waals surface area contributed by atoms with E-state index in [4.69, 9.17) is 4.74 Å². The van der Waals surface area contributed by atoms with Gasteiger partial charge in [-0.25, -0.2) is 4.39 Å². The van der Waals surface area contributed by atoms with Crippen LogP contribution in [0.25, 0.3) is 10.4 Å². The lowest BCUT2D eigenvalue weighted by molar-refractivity contribution is 0.103. The second kappa shape index (κ2) is 5.76. The molecule has 1 N–H and O–H groups in total. The smallest absolute Gasteiger partial charge is 0.265 e. The average Bonchev–Trinajstić information content (AvgIpc) is 3.03. The number of carbonyl (C=O) groups excluding carboxylic acids is 1. The molecule has 3 nitrogen and oxygen atoms in total. The fourth-order valence-electron chi connectivity index (χ4n) is 2.73. The fourth-order valence-corrected chi connectivity index (χ4v) is 3.82. The Morgan fingerprint density at radius 2 is 2.04 bits per heavy atom. The molecule has 2 heterocycles. The van der Waals surface area contributed by atoms with Crippen LogP contribution in [0.4, 0.5) is 10.1 Å². The number of amides is 1. The fraction of sp³-hybridized carbons (Fsp3) is 0.105. The Hall–Kier alpha value is -2.66. The molecule has 120 valence electrons. The van der Waals surface area contributed by atoms with Crippen LogP contribution in [0.5, 0.6) is 5.75 Å². The Morgan fingerprint density at radius 3 is 2.92 bits per heavy atom. The summed E-state index contributed by atoms with van der Waals surface area (Å²) in [5.41, 5.74) is 3.06. The third-order valence-electron chi connectivity index (χ3n) is 3.92. The van der Waals surface area contributed by atoms with Gasteiger partial charge in [0.2, 0.25) is 0 Å². The second-order valence-electron chi connectivity index (χ2n) is 5.69. The molecule has 0 fully saturated rings. The van der Waals surface area contributed by atoms with E-state index in [-0.39, 0.29) is 11.6 Å². The van der Waals surface area contributed by atoms with E-state index in [9.17, 15) is 9.18 Å². The lowest BCUT2D eigenvalue weighted by Gasteiger charge is -2.16. The standard InChI is InChI=1S/C19H14FNO2S/c1-11-6-7-14(20)15(8-11)21-19(22)17-9-12-10-23-16-5-3-2-4-13(16)18(12)24-17/h2-9H,10H2,1H3,(H,21,22). The number of halogens is 1. The van der Waals surface area contributed by atoms with Crippen molar-refractivity contribution in [3.05, 3.63) is 70.4 Å². The van der Waals surface area contributed by atoms with Gasteiger partial charge < -0.3 is 10.1 Å². The van der Waals surface area contributed by atoms with Gasteiger partial charge in [0.25, 0.3) is 5.91 Å². The number of benzene rings is 2. The van der Waals surface area contributed by atoms with E-state index in [0.29, 0.717) is 11.5 Å². The number of carbonyl (C=O) groups is 1. The molecule has 1 amide bonds. The molecule has 0 unspecified atom stereocenters. The van der Waals surface area contributed by atoms with Gasteiger partial charge in [-0.05, 0) is 42.8 Å². The highest BCUT2D eigenvalue weighted by molar-refractivity contribution is 7.17. The molecule has 1 aliphatic rings. The Bertz CT molecular complexity index is 948. The number of para-hydroxylation sites is 1. The first-order chi connectivity index (χ1) is 11.6. The van der Waals surface area contributed by atoms with Crippen molar-refractivity contribution in [2.45, 2.75) is 13.5 Å². The zero-order valence-corrected chi connectivity index (χ0v) is 13.7. The monoisotopic (exact) mass is 339 g/mol. The molecule has 0 spiro atoms. The highest BCUT2D eigenvalue weighted by Crippen LogP contribution is 2.42. The van der Waals surface area contributed by atoms with Gasteiger partial charge in [-0.1, -0.05) is 18.2 Å². The first-order valence-corrected chi connectivity index (χ1v) is 8.36. The van der Waals surface area contributed by atoms with Crippen LogP contribution in [0.2, 0.25) is 0 Å². The lowest BCUT2D eigenvalue weighted by atomic mass is 10.1. The van der Waals surface area contributed by atoms with Crippen molar-refractivity contribution in [3.63, 3.8) is 0 Å². The predicted molar refractivity (Wildman–Crippen MR) is 93.2 cm³/mol. The maximum Gasteiger partial charge on any atom is 0.265 e. The summed E-state index contributed by atoms with van der Waals surface area (Å²) in [5, 5.41) is 2.66. The molecule has 3 aromatic rings. The highest BCUT2D eigenvalue weighted by atomic mass is 32.1. The Kier molecular flexibility index (Phi) is 3.58. The molecule has 0 atom stereocenters. The van der Waals surface area contributed by atoms with Crippen molar-refractivity contribution in [3.8, 4) is 16.2 Å². The van der Waals surface area contributed by atoms with Crippen LogP contribution in [0.15, 0.2) is 48.5 Å². The van der Waals surface area contributed by atoms with Gasteiger partial charge in [-0.3, -0.25) is 4.79 Å². The van der Waals surface area contributed by atoms with Crippen LogP contribution >= 0.6 is 11.3 Å². The Labute approximate surface area is 142 Å². The summed E-state index contributed by atoms with van der Waals surface area (Å²) in [6.07, 6.45) is 0. The minimum absolute atomic E-state index is 0.197. The van der Waals surface area contributed by atoms with Crippen LogP contribution in [0.3, 0.4) is 0 Å². The number of aryl methyl sites for hydroxylation is 1. The number of hydrogen-bond donors (Lipinski definition) is 1. The number of hydrogen-bond acceptors (Lipinski definition) is 3. The first-order valence-electron chi connectivity index (χ1n) is 7.54. The van der Waals surface area contributed by atoms with Crippen LogP contribution in [0.1, 0.15) is 20.8 Å². The number of fused-ring (bicyclic) bond motifs is 3. The normalized spacial score (nSPS) is 12.1. The van der Waals surface area contributed by atoms with E-state index in [1.54, 1.807) is 12.1 Å². The molecule has 0 bridgehead atoms. The van der Waals surface area contributed by atoms with Crippen LogP contribution in [0, 0.1) is 12.7 Å². The van der Waals surface area contributed by atoms with Crippen molar-refractivity contribution < 1.29 is 13.9 Å². The minimum atomic E-state index is -0.441. The van der Waals surface area contributed by atoms with Gasteiger partial charge >= 0.3 is 0 Å². The van der Waals surface area contributed by atoms with E-state index >= 15 is 0 Å². The lowest BCUT2D eigenvalue weighted by Crippen LogP contribution is -2.11. The molecular formula is C19H14FNO2S.